The molecule has 0 fully saturated rings. The Morgan fingerprint density at radius 2 is 1.74 bits per heavy atom. The topological polar surface area (TPSA) is 66.0 Å². The van der Waals surface area contributed by atoms with Crippen molar-refractivity contribution in [2.75, 3.05) is 37.8 Å². The number of halogens is 2. The fourth-order valence-electron chi connectivity index (χ4n) is 2.40. The molecule has 27 heavy (non-hydrogen) atoms. The fraction of sp³-hybridized carbons (Fsp3) is 0.211. The number of nitrogens with one attached hydrogen (secondary N) is 2. The zero-order chi connectivity index (χ0) is 19.2. The van der Waals surface area contributed by atoms with Gasteiger partial charge in [0.05, 0.1) is 11.4 Å². The van der Waals surface area contributed by atoms with Gasteiger partial charge in [-0.15, -0.1) is 0 Å². The minimum Gasteiger partial charge on any atom is -0.353 e. The van der Waals surface area contributed by atoms with Gasteiger partial charge in [0, 0.05) is 41.1 Å². The highest BCUT2D eigenvalue weighted by Crippen LogP contribution is 2.26. The van der Waals surface area contributed by atoms with E-state index in [9.17, 15) is 0 Å². The molecule has 8 heteroatoms. The van der Waals surface area contributed by atoms with Gasteiger partial charge in [0.2, 0.25) is 5.95 Å². The monoisotopic (exact) mass is 402 g/mol. The van der Waals surface area contributed by atoms with Crippen LogP contribution in [0.2, 0.25) is 10.0 Å². The first-order valence-corrected chi connectivity index (χ1v) is 9.17. The molecule has 6 nitrogen and oxygen atoms in total. The summed E-state index contributed by atoms with van der Waals surface area (Å²) in [6, 6.07) is 12.8. The summed E-state index contributed by atoms with van der Waals surface area (Å²) in [5.74, 6) is 1.15. The minimum atomic E-state index is 0.524. The van der Waals surface area contributed by atoms with Gasteiger partial charge < -0.3 is 15.5 Å². The predicted octanol–water partition coefficient (Wildman–Crippen LogP) is 4.56. The largest absolute Gasteiger partial charge is 0.353 e. The van der Waals surface area contributed by atoms with Gasteiger partial charge in [-0.05, 0) is 44.4 Å². The van der Waals surface area contributed by atoms with E-state index < -0.39 is 0 Å². The number of aromatic nitrogens is 3. The Balaban J connectivity index is 1.91. The Bertz CT molecular complexity index is 882. The molecule has 0 saturated carbocycles. The smallest absolute Gasteiger partial charge is 0.225 e. The van der Waals surface area contributed by atoms with E-state index >= 15 is 0 Å². The van der Waals surface area contributed by atoms with Crippen molar-refractivity contribution in [1.29, 1.82) is 0 Å². The molecule has 1 aromatic carbocycles. The van der Waals surface area contributed by atoms with Gasteiger partial charge in [-0.2, -0.15) is 4.98 Å². The number of benzene rings is 1. The Morgan fingerprint density at radius 1 is 0.963 bits per heavy atom. The lowest BCUT2D eigenvalue weighted by molar-refractivity contribution is 0.425. The lowest BCUT2D eigenvalue weighted by Crippen LogP contribution is -2.21. The maximum atomic E-state index is 6.09. The van der Waals surface area contributed by atoms with Crippen molar-refractivity contribution >= 4 is 40.7 Å². The predicted molar refractivity (Wildman–Crippen MR) is 112 cm³/mol. The first kappa shape index (κ1) is 19.4. The van der Waals surface area contributed by atoms with Crippen LogP contribution in [0.4, 0.5) is 17.5 Å². The number of rotatable bonds is 7. The number of likely N-dealkylation sites (N-methyl/N-ethyl adjacent to an activating group) is 1. The molecular formula is C19H20Cl2N6. The summed E-state index contributed by atoms with van der Waals surface area (Å²) >= 11 is 12.2. The van der Waals surface area contributed by atoms with Crippen molar-refractivity contribution in [3.05, 3.63) is 58.7 Å². The Labute approximate surface area is 168 Å². The summed E-state index contributed by atoms with van der Waals surface area (Å²) in [5, 5.41) is 7.59. The number of nitrogens with zero attached hydrogens (tertiary/aromatic N) is 4. The van der Waals surface area contributed by atoms with Gasteiger partial charge >= 0.3 is 0 Å². The summed E-state index contributed by atoms with van der Waals surface area (Å²) in [7, 11) is 4.03. The van der Waals surface area contributed by atoms with E-state index in [0.717, 1.165) is 24.5 Å². The van der Waals surface area contributed by atoms with Crippen molar-refractivity contribution in [3.8, 4) is 11.4 Å². The summed E-state index contributed by atoms with van der Waals surface area (Å²) in [4.78, 5) is 15.6. The highest BCUT2D eigenvalue weighted by Gasteiger charge is 2.09. The minimum absolute atomic E-state index is 0.524. The van der Waals surface area contributed by atoms with Gasteiger partial charge in [0.15, 0.2) is 0 Å². The Hall–Kier alpha value is -2.41. The molecule has 0 aliphatic rings. The molecule has 0 spiro atoms. The molecule has 0 unspecified atom stereocenters. The van der Waals surface area contributed by atoms with Crippen molar-refractivity contribution < 1.29 is 0 Å². The molecule has 140 valence electrons. The van der Waals surface area contributed by atoms with Crippen molar-refractivity contribution in [3.63, 3.8) is 0 Å². The Morgan fingerprint density at radius 3 is 2.41 bits per heavy atom. The van der Waals surface area contributed by atoms with E-state index in [2.05, 4.69) is 30.5 Å². The average molecular weight is 403 g/mol. The van der Waals surface area contributed by atoms with E-state index in [0.29, 0.717) is 27.5 Å². The number of hydrogen-bond donors (Lipinski definition) is 2. The van der Waals surface area contributed by atoms with Crippen LogP contribution in [-0.4, -0.2) is 47.0 Å². The molecule has 0 atom stereocenters. The van der Waals surface area contributed by atoms with Crippen LogP contribution < -0.4 is 10.6 Å². The van der Waals surface area contributed by atoms with Crippen molar-refractivity contribution in [2.24, 2.45) is 0 Å². The normalized spacial score (nSPS) is 10.9. The third-order valence-electron chi connectivity index (χ3n) is 3.63. The van der Waals surface area contributed by atoms with E-state index in [1.807, 2.05) is 38.4 Å². The zero-order valence-electron chi connectivity index (χ0n) is 15.1. The number of anilines is 3. The van der Waals surface area contributed by atoms with Crippen LogP contribution in [0.5, 0.6) is 0 Å². The van der Waals surface area contributed by atoms with Crippen molar-refractivity contribution in [1.82, 2.24) is 19.9 Å². The van der Waals surface area contributed by atoms with Gasteiger partial charge in [0.1, 0.15) is 5.82 Å². The summed E-state index contributed by atoms with van der Waals surface area (Å²) in [6.07, 6.45) is 1.74. The van der Waals surface area contributed by atoms with Gasteiger partial charge in [-0.1, -0.05) is 29.3 Å². The molecule has 3 rings (SSSR count). The molecule has 3 aromatic rings. The quantitative estimate of drug-likeness (QED) is 0.603. The van der Waals surface area contributed by atoms with Crippen LogP contribution in [0.15, 0.2) is 48.7 Å². The standard InChI is InChI=1S/C19H20Cl2N6/c1-27(2)8-7-23-19-25-17(16-5-3-4-6-22-16)12-18(26-19)24-15-10-13(20)9-14(21)11-15/h3-6,9-12H,7-8H2,1-2H3,(H2,23,24,25,26). The second kappa shape index (κ2) is 8.99. The third-order valence-corrected chi connectivity index (χ3v) is 4.07. The highest BCUT2D eigenvalue weighted by molar-refractivity contribution is 6.35. The molecule has 2 aromatic heterocycles. The maximum absolute atomic E-state index is 6.09. The van der Waals surface area contributed by atoms with Crippen LogP contribution in [0, 0.1) is 0 Å². The second-order valence-corrected chi connectivity index (χ2v) is 7.06. The van der Waals surface area contributed by atoms with Gasteiger partial charge in [-0.3, -0.25) is 4.98 Å². The fourth-order valence-corrected chi connectivity index (χ4v) is 2.93. The second-order valence-electron chi connectivity index (χ2n) is 6.19. The number of hydrogen-bond acceptors (Lipinski definition) is 6. The summed E-state index contributed by atoms with van der Waals surface area (Å²) < 4.78 is 0. The van der Waals surface area contributed by atoms with E-state index in [1.54, 1.807) is 24.4 Å². The molecule has 0 saturated heterocycles. The molecule has 0 aliphatic carbocycles. The van der Waals surface area contributed by atoms with Gasteiger partial charge in [-0.25, -0.2) is 4.98 Å². The van der Waals surface area contributed by atoms with Crippen LogP contribution >= 0.6 is 23.2 Å². The van der Waals surface area contributed by atoms with Crippen LogP contribution in [0.3, 0.4) is 0 Å². The lowest BCUT2D eigenvalue weighted by atomic mass is 10.2. The first-order valence-electron chi connectivity index (χ1n) is 8.42. The maximum Gasteiger partial charge on any atom is 0.225 e. The Kier molecular flexibility index (Phi) is 6.45. The highest BCUT2D eigenvalue weighted by atomic mass is 35.5. The molecule has 0 radical (unpaired) electrons. The molecule has 2 N–H and O–H groups in total. The zero-order valence-corrected chi connectivity index (χ0v) is 16.6. The summed E-state index contributed by atoms with van der Waals surface area (Å²) in [6.45, 7) is 1.59. The molecule has 0 bridgehead atoms. The average Bonchev–Trinajstić information content (AvgIpc) is 2.61. The molecule has 0 aliphatic heterocycles. The first-order chi connectivity index (χ1) is 13.0. The molecule has 2 heterocycles. The van der Waals surface area contributed by atoms with Crippen molar-refractivity contribution in [2.45, 2.75) is 0 Å². The van der Waals surface area contributed by atoms with E-state index in [1.165, 1.54) is 0 Å². The summed E-state index contributed by atoms with van der Waals surface area (Å²) in [5.41, 5.74) is 2.23. The van der Waals surface area contributed by atoms with E-state index in [-0.39, 0.29) is 0 Å². The number of pyridine rings is 1. The van der Waals surface area contributed by atoms with E-state index in [4.69, 9.17) is 23.2 Å². The SMILES string of the molecule is CN(C)CCNc1nc(Nc2cc(Cl)cc(Cl)c2)cc(-c2ccccn2)n1. The molecule has 0 amide bonds. The molecular weight excluding hydrogens is 383 g/mol. The van der Waals surface area contributed by atoms with Gasteiger partial charge in [0.25, 0.3) is 0 Å². The van der Waals surface area contributed by atoms with Crippen LogP contribution in [-0.2, 0) is 0 Å². The lowest BCUT2D eigenvalue weighted by Gasteiger charge is -2.13. The van der Waals surface area contributed by atoms with Crippen LogP contribution in [0.25, 0.3) is 11.4 Å². The third kappa shape index (κ3) is 5.79. The van der Waals surface area contributed by atoms with Crippen LogP contribution in [0.1, 0.15) is 0 Å².